The van der Waals surface area contributed by atoms with Crippen molar-refractivity contribution in [1.82, 2.24) is 20.4 Å². The molecule has 3 rings (SSSR count). The van der Waals surface area contributed by atoms with Crippen LogP contribution in [-0.4, -0.2) is 51.8 Å². The van der Waals surface area contributed by atoms with Gasteiger partial charge in [-0.05, 0) is 37.5 Å². The number of aliphatic hydroxyl groups excluding tert-OH is 1. The van der Waals surface area contributed by atoms with Crippen LogP contribution in [0.1, 0.15) is 38.1 Å². The highest BCUT2D eigenvalue weighted by molar-refractivity contribution is 5.80. The standard InChI is InChI=1S/C19H27N5O2/c1-3-6-17-22-18(26-23-17)15-8-5-7-14(11-15)12-21-19(20-4-2)24-10-9-16(25)13-24/h5,7-8,11,16,25H,3-4,6,9-10,12-13H2,1-2H3,(H,20,21)/t16-/m1/s1. The molecule has 0 saturated carbocycles. The number of hydrogen-bond donors (Lipinski definition) is 2. The first kappa shape index (κ1) is 18.4. The fourth-order valence-corrected chi connectivity index (χ4v) is 3.03. The fourth-order valence-electron chi connectivity index (χ4n) is 3.03. The van der Waals surface area contributed by atoms with Crippen LogP contribution < -0.4 is 5.32 Å². The highest BCUT2D eigenvalue weighted by Gasteiger charge is 2.22. The molecule has 1 aromatic heterocycles. The first-order valence-electron chi connectivity index (χ1n) is 9.32. The van der Waals surface area contributed by atoms with Crippen molar-refractivity contribution in [2.45, 2.75) is 45.8 Å². The third-order valence-electron chi connectivity index (χ3n) is 4.32. The van der Waals surface area contributed by atoms with E-state index < -0.39 is 0 Å². The summed E-state index contributed by atoms with van der Waals surface area (Å²) in [6, 6.07) is 8.03. The highest BCUT2D eigenvalue weighted by Crippen LogP contribution is 2.19. The Labute approximate surface area is 154 Å². The SMILES string of the molecule is CCCc1noc(-c2cccc(CN=C(NCC)N3CC[C@@H](O)C3)c2)n1. The van der Waals surface area contributed by atoms with Gasteiger partial charge < -0.3 is 19.8 Å². The van der Waals surface area contributed by atoms with Gasteiger partial charge in [0, 0.05) is 31.6 Å². The van der Waals surface area contributed by atoms with E-state index in [0.29, 0.717) is 19.0 Å². The molecule has 7 heteroatoms. The van der Waals surface area contributed by atoms with Crippen molar-refractivity contribution in [2.75, 3.05) is 19.6 Å². The van der Waals surface area contributed by atoms with Crippen molar-refractivity contribution in [3.05, 3.63) is 35.7 Å². The maximum absolute atomic E-state index is 9.76. The molecule has 7 nitrogen and oxygen atoms in total. The molecule has 1 fully saturated rings. The van der Waals surface area contributed by atoms with Crippen LogP contribution in [0.2, 0.25) is 0 Å². The first-order chi connectivity index (χ1) is 12.7. The summed E-state index contributed by atoms with van der Waals surface area (Å²) in [4.78, 5) is 11.3. The van der Waals surface area contributed by atoms with Crippen LogP contribution in [0.5, 0.6) is 0 Å². The highest BCUT2D eigenvalue weighted by atomic mass is 16.5. The van der Waals surface area contributed by atoms with Crippen LogP contribution in [0.15, 0.2) is 33.8 Å². The molecule has 0 amide bonds. The average molecular weight is 357 g/mol. The lowest BCUT2D eigenvalue weighted by Crippen LogP contribution is -2.40. The predicted molar refractivity (Wildman–Crippen MR) is 101 cm³/mol. The zero-order valence-corrected chi connectivity index (χ0v) is 15.5. The van der Waals surface area contributed by atoms with E-state index in [9.17, 15) is 5.11 Å². The molecule has 1 aromatic carbocycles. The summed E-state index contributed by atoms with van der Waals surface area (Å²) in [5.41, 5.74) is 1.99. The number of guanidine groups is 1. The number of aryl methyl sites for hydroxylation is 1. The third kappa shape index (κ3) is 4.60. The minimum absolute atomic E-state index is 0.267. The van der Waals surface area contributed by atoms with E-state index in [2.05, 4.69) is 27.3 Å². The van der Waals surface area contributed by atoms with E-state index in [1.165, 1.54) is 0 Å². The van der Waals surface area contributed by atoms with Crippen molar-refractivity contribution in [3.63, 3.8) is 0 Å². The van der Waals surface area contributed by atoms with E-state index in [4.69, 9.17) is 9.52 Å². The molecule has 0 spiro atoms. The van der Waals surface area contributed by atoms with Gasteiger partial charge in [0.2, 0.25) is 0 Å². The van der Waals surface area contributed by atoms with E-state index in [1.807, 2.05) is 31.2 Å². The van der Waals surface area contributed by atoms with E-state index in [0.717, 1.165) is 55.3 Å². The quantitative estimate of drug-likeness (QED) is 0.609. The maximum atomic E-state index is 9.76. The molecule has 26 heavy (non-hydrogen) atoms. The molecule has 1 aliphatic heterocycles. The monoisotopic (exact) mass is 357 g/mol. The van der Waals surface area contributed by atoms with Gasteiger partial charge >= 0.3 is 0 Å². The second-order valence-electron chi connectivity index (χ2n) is 6.52. The molecule has 140 valence electrons. The Morgan fingerprint density at radius 2 is 2.31 bits per heavy atom. The number of rotatable bonds is 6. The molecular formula is C19H27N5O2. The van der Waals surface area contributed by atoms with Crippen molar-refractivity contribution in [1.29, 1.82) is 0 Å². The molecule has 2 heterocycles. The van der Waals surface area contributed by atoms with Gasteiger partial charge in [0.15, 0.2) is 11.8 Å². The summed E-state index contributed by atoms with van der Waals surface area (Å²) in [5.74, 6) is 2.14. The van der Waals surface area contributed by atoms with Gasteiger partial charge in [-0.3, -0.25) is 0 Å². The summed E-state index contributed by atoms with van der Waals surface area (Å²) in [5, 5.41) is 17.1. The summed E-state index contributed by atoms with van der Waals surface area (Å²) in [6.07, 6.45) is 2.34. The molecule has 0 bridgehead atoms. The van der Waals surface area contributed by atoms with Gasteiger partial charge in [-0.1, -0.05) is 24.2 Å². The first-order valence-corrected chi connectivity index (χ1v) is 9.32. The number of nitrogens with one attached hydrogen (secondary N) is 1. The Bertz CT molecular complexity index is 743. The predicted octanol–water partition coefficient (Wildman–Crippen LogP) is 2.22. The normalized spacial score (nSPS) is 17.7. The molecule has 0 aliphatic carbocycles. The van der Waals surface area contributed by atoms with Crippen LogP contribution in [0, 0.1) is 0 Å². The zero-order chi connectivity index (χ0) is 18.4. The van der Waals surface area contributed by atoms with Gasteiger partial charge in [0.05, 0.1) is 12.6 Å². The molecule has 1 aliphatic rings. The van der Waals surface area contributed by atoms with Crippen molar-refractivity contribution >= 4 is 5.96 Å². The van der Waals surface area contributed by atoms with Crippen LogP contribution >= 0.6 is 0 Å². The lowest BCUT2D eigenvalue weighted by Gasteiger charge is -2.20. The second kappa shape index (κ2) is 8.80. The Morgan fingerprint density at radius 3 is 3.04 bits per heavy atom. The number of aromatic nitrogens is 2. The fraction of sp³-hybridized carbons (Fsp3) is 0.526. The van der Waals surface area contributed by atoms with Gasteiger partial charge in [-0.2, -0.15) is 4.98 Å². The van der Waals surface area contributed by atoms with E-state index in [1.54, 1.807) is 0 Å². The molecule has 2 aromatic rings. The topological polar surface area (TPSA) is 86.8 Å². The largest absolute Gasteiger partial charge is 0.391 e. The molecule has 1 atom stereocenters. The summed E-state index contributed by atoms with van der Waals surface area (Å²) < 4.78 is 5.37. The number of nitrogens with zero attached hydrogens (tertiary/aromatic N) is 4. The number of aliphatic hydroxyl groups is 1. The summed E-state index contributed by atoms with van der Waals surface area (Å²) in [7, 11) is 0. The van der Waals surface area contributed by atoms with Gasteiger partial charge in [-0.15, -0.1) is 0 Å². The number of aliphatic imine (C=N–C) groups is 1. The Kier molecular flexibility index (Phi) is 6.22. The van der Waals surface area contributed by atoms with Crippen molar-refractivity contribution in [3.8, 4) is 11.5 Å². The third-order valence-corrected chi connectivity index (χ3v) is 4.32. The summed E-state index contributed by atoms with van der Waals surface area (Å²) >= 11 is 0. The Balaban J connectivity index is 1.72. The van der Waals surface area contributed by atoms with Gasteiger partial charge in [-0.25, -0.2) is 4.99 Å². The number of likely N-dealkylation sites (tertiary alicyclic amines) is 1. The van der Waals surface area contributed by atoms with Crippen LogP contribution in [0.4, 0.5) is 0 Å². The molecular weight excluding hydrogens is 330 g/mol. The molecule has 0 radical (unpaired) electrons. The molecule has 2 N–H and O–H groups in total. The molecule has 0 unspecified atom stereocenters. The van der Waals surface area contributed by atoms with Crippen LogP contribution in [-0.2, 0) is 13.0 Å². The van der Waals surface area contributed by atoms with Crippen molar-refractivity contribution in [2.24, 2.45) is 4.99 Å². The Hall–Kier alpha value is -2.41. The van der Waals surface area contributed by atoms with E-state index >= 15 is 0 Å². The smallest absolute Gasteiger partial charge is 0.257 e. The zero-order valence-electron chi connectivity index (χ0n) is 15.5. The average Bonchev–Trinajstić information content (AvgIpc) is 3.28. The maximum Gasteiger partial charge on any atom is 0.257 e. The number of β-amino-alcohol motifs (C(OH)–C–C–N with tert-alkyl or cyclic N) is 1. The van der Waals surface area contributed by atoms with Gasteiger partial charge in [0.1, 0.15) is 0 Å². The summed E-state index contributed by atoms with van der Waals surface area (Å²) in [6.45, 7) is 6.96. The lowest BCUT2D eigenvalue weighted by atomic mass is 10.1. The van der Waals surface area contributed by atoms with Crippen LogP contribution in [0.3, 0.4) is 0 Å². The van der Waals surface area contributed by atoms with E-state index in [-0.39, 0.29) is 6.10 Å². The minimum atomic E-state index is -0.267. The number of hydrogen-bond acceptors (Lipinski definition) is 5. The second-order valence-corrected chi connectivity index (χ2v) is 6.52. The Morgan fingerprint density at radius 1 is 1.42 bits per heavy atom. The minimum Gasteiger partial charge on any atom is -0.391 e. The van der Waals surface area contributed by atoms with Crippen LogP contribution in [0.25, 0.3) is 11.5 Å². The molecule has 1 saturated heterocycles. The lowest BCUT2D eigenvalue weighted by molar-refractivity contribution is 0.188. The van der Waals surface area contributed by atoms with Gasteiger partial charge in [0.25, 0.3) is 5.89 Å². The van der Waals surface area contributed by atoms with Crippen molar-refractivity contribution < 1.29 is 9.63 Å². The number of benzene rings is 1.